The Kier molecular flexibility index (Phi) is 4.69. The summed E-state index contributed by atoms with van der Waals surface area (Å²) in [5, 5.41) is 14.5. The van der Waals surface area contributed by atoms with E-state index < -0.39 is 0 Å². The quantitative estimate of drug-likeness (QED) is 0.711. The highest BCUT2D eigenvalue weighted by atomic mass is 35.5. The van der Waals surface area contributed by atoms with Crippen LogP contribution < -0.4 is 5.32 Å². The molecule has 26 heavy (non-hydrogen) atoms. The highest BCUT2D eigenvalue weighted by Gasteiger charge is 2.28. The normalized spacial score (nSPS) is 19.8. The molecule has 130 valence electrons. The lowest BCUT2D eigenvalue weighted by atomic mass is 9.94. The first-order valence-corrected chi connectivity index (χ1v) is 8.85. The van der Waals surface area contributed by atoms with Gasteiger partial charge in [0.05, 0.1) is 5.71 Å². The van der Waals surface area contributed by atoms with Crippen molar-refractivity contribution in [3.63, 3.8) is 0 Å². The molecule has 0 fully saturated rings. The number of pyridine rings is 1. The molecule has 2 atom stereocenters. The zero-order valence-corrected chi connectivity index (χ0v) is 14.8. The third kappa shape index (κ3) is 3.34. The molecule has 0 saturated carbocycles. The summed E-state index contributed by atoms with van der Waals surface area (Å²) in [5.41, 5.74) is 3.59. The number of halogens is 1. The van der Waals surface area contributed by atoms with Gasteiger partial charge >= 0.3 is 0 Å². The van der Waals surface area contributed by atoms with E-state index in [1.807, 2.05) is 60.8 Å². The number of benzene rings is 2. The monoisotopic (exact) mass is 363 g/mol. The van der Waals surface area contributed by atoms with E-state index in [1.54, 1.807) is 12.3 Å². The van der Waals surface area contributed by atoms with Crippen LogP contribution in [0.4, 0.5) is 0 Å². The van der Waals surface area contributed by atoms with E-state index >= 15 is 0 Å². The summed E-state index contributed by atoms with van der Waals surface area (Å²) in [6.07, 6.45) is 3.98. The highest BCUT2D eigenvalue weighted by Crippen LogP contribution is 2.34. The minimum atomic E-state index is -0.294. The number of hydrogen-bond donors (Lipinski definition) is 2. The number of aromatic hydroxyl groups is 1. The molecule has 1 aliphatic rings. The molecule has 4 rings (SSSR count). The number of para-hydroxylation sites is 1. The van der Waals surface area contributed by atoms with Gasteiger partial charge in [0, 0.05) is 41.0 Å². The number of rotatable bonds is 3. The van der Waals surface area contributed by atoms with Gasteiger partial charge in [-0.1, -0.05) is 48.0 Å². The van der Waals surface area contributed by atoms with Gasteiger partial charge in [0.25, 0.3) is 0 Å². The summed E-state index contributed by atoms with van der Waals surface area (Å²) in [7, 11) is 0. The molecule has 0 radical (unpaired) electrons. The van der Waals surface area contributed by atoms with E-state index in [4.69, 9.17) is 16.6 Å². The minimum absolute atomic E-state index is 0.0251. The van der Waals surface area contributed by atoms with Crippen LogP contribution in [-0.2, 0) is 0 Å². The standard InChI is InChI=1S/C21H18ClN3O/c22-17-9-3-1-7-15(17)21-24-18(14-6-5-11-23-13-14)12-19(25-21)16-8-2-4-10-20(16)26/h1-11,13,18,21,24,26H,12H2/t18-,21-/m0/s1. The Bertz CT molecular complexity index is 943. The number of nitrogens with one attached hydrogen (secondary N) is 1. The van der Waals surface area contributed by atoms with E-state index in [2.05, 4.69) is 10.3 Å². The van der Waals surface area contributed by atoms with Crippen molar-refractivity contribution in [1.82, 2.24) is 10.3 Å². The summed E-state index contributed by atoms with van der Waals surface area (Å²) in [6.45, 7) is 0. The van der Waals surface area contributed by atoms with Crippen molar-refractivity contribution in [1.29, 1.82) is 0 Å². The van der Waals surface area contributed by atoms with Crippen LogP contribution in [0.5, 0.6) is 5.75 Å². The van der Waals surface area contributed by atoms with Crippen LogP contribution >= 0.6 is 11.6 Å². The zero-order chi connectivity index (χ0) is 17.9. The molecular weight excluding hydrogens is 346 g/mol. The SMILES string of the molecule is Oc1ccccc1C1=N[C@@H](c2ccccc2Cl)N[C@H](c2cccnc2)C1. The fourth-order valence-corrected chi connectivity index (χ4v) is 3.48. The van der Waals surface area contributed by atoms with Gasteiger partial charge in [-0.3, -0.25) is 15.3 Å². The third-order valence-corrected chi connectivity index (χ3v) is 4.89. The smallest absolute Gasteiger partial charge is 0.127 e. The van der Waals surface area contributed by atoms with Crippen LogP contribution in [-0.4, -0.2) is 15.8 Å². The van der Waals surface area contributed by atoms with E-state index in [0.717, 1.165) is 22.4 Å². The van der Waals surface area contributed by atoms with Gasteiger partial charge < -0.3 is 5.11 Å². The molecular formula is C21H18ClN3O. The first-order chi connectivity index (χ1) is 12.7. The Morgan fingerprint density at radius 3 is 2.58 bits per heavy atom. The van der Waals surface area contributed by atoms with Crippen LogP contribution in [0.15, 0.2) is 78.0 Å². The van der Waals surface area contributed by atoms with Gasteiger partial charge in [-0.05, 0) is 29.8 Å². The topological polar surface area (TPSA) is 57.5 Å². The van der Waals surface area contributed by atoms with Gasteiger partial charge in [0.2, 0.25) is 0 Å². The molecule has 0 aliphatic carbocycles. The molecule has 2 heterocycles. The predicted octanol–water partition coefficient (Wildman–Crippen LogP) is 4.66. The Morgan fingerprint density at radius 1 is 1.00 bits per heavy atom. The van der Waals surface area contributed by atoms with E-state index in [9.17, 15) is 5.11 Å². The average Bonchev–Trinajstić information content (AvgIpc) is 2.69. The van der Waals surface area contributed by atoms with Crippen LogP contribution in [0.25, 0.3) is 0 Å². The number of hydrogen-bond acceptors (Lipinski definition) is 4. The Balaban J connectivity index is 1.79. The van der Waals surface area contributed by atoms with Crippen LogP contribution in [0.3, 0.4) is 0 Å². The fraction of sp³-hybridized carbons (Fsp3) is 0.143. The van der Waals surface area contributed by atoms with Gasteiger partial charge in [-0.2, -0.15) is 0 Å². The van der Waals surface area contributed by atoms with Crippen LogP contribution in [0.2, 0.25) is 5.02 Å². The lowest BCUT2D eigenvalue weighted by Crippen LogP contribution is -2.33. The highest BCUT2D eigenvalue weighted by molar-refractivity contribution is 6.31. The Morgan fingerprint density at radius 2 is 1.81 bits per heavy atom. The largest absolute Gasteiger partial charge is 0.507 e. The van der Waals surface area contributed by atoms with Crippen molar-refractivity contribution >= 4 is 17.3 Å². The maximum absolute atomic E-state index is 10.3. The molecule has 0 bridgehead atoms. The summed E-state index contributed by atoms with van der Waals surface area (Å²) >= 11 is 6.41. The van der Waals surface area contributed by atoms with Crippen molar-refractivity contribution in [2.45, 2.75) is 18.6 Å². The summed E-state index contributed by atoms with van der Waals surface area (Å²) in [6, 6.07) is 19.0. The second kappa shape index (κ2) is 7.28. The van der Waals surface area contributed by atoms with Gasteiger partial charge in [0.1, 0.15) is 11.9 Å². The van der Waals surface area contributed by atoms with E-state index in [-0.39, 0.29) is 18.0 Å². The molecule has 5 heteroatoms. The maximum atomic E-state index is 10.3. The van der Waals surface area contributed by atoms with Crippen LogP contribution in [0, 0.1) is 0 Å². The molecule has 1 aromatic heterocycles. The van der Waals surface area contributed by atoms with E-state index in [1.165, 1.54) is 0 Å². The summed E-state index contributed by atoms with van der Waals surface area (Å²) in [5.74, 6) is 0.232. The molecule has 0 unspecified atom stereocenters. The van der Waals surface area contributed by atoms with Crippen molar-refractivity contribution < 1.29 is 5.11 Å². The number of aromatic nitrogens is 1. The van der Waals surface area contributed by atoms with Crippen molar-refractivity contribution in [2.75, 3.05) is 0 Å². The Labute approximate surface area is 157 Å². The Hall–Kier alpha value is -2.69. The summed E-state index contributed by atoms with van der Waals surface area (Å²) in [4.78, 5) is 9.10. The third-order valence-electron chi connectivity index (χ3n) is 4.54. The van der Waals surface area contributed by atoms with E-state index in [0.29, 0.717) is 11.4 Å². The zero-order valence-electron chi connectivity index (χ0n) is 14.0. The molecule has 3 aromatic rings. The summed E-state index contributed by atoms with van der Waals surface area (Å²) < 4.78 is 0. The molecule has 2 N–H and O–H groups in total. The lowest BCUT2D eigenvalue weighted by molar-refractivity contribution is 0.438. The molecule has 0 spiro atoms. The number of aliphatic imine (C=N–C) groups is 1. The second-order valence-corrected chi connectivity index (χ2v) is 6.63. The number of phenolic OH excluding ortho intramolecular Hbond substituents is 1. The van der Waals surface area contributed by atoms with Crippen LogP contribution in [0.1, 0.15) is 35.3 Å². The van der Waals surface area contributed by atoms with Crippen molar-refractivity contribution in [2.24, 2.45) is 4.99 Å². The maximum Gasteiger partial charge on any atom is 0.127 e. The minimum Gasteiger partial charge on any atom is -0.507 e. The molecule has 2 aromatic carbocycles. The van der Waals surface area contributed by atoms with Gasteiger partial charge in [-0.15, -0.1) is 0 Å². The number of phenols is 1. The van der Waals surface area contributed by atoms with Crippen molar-refractivity contribution in [3.05, 3.63) is 94.8 Å². The first kappa shape index (κ1) is 16.8. The molecule has 0 amide bonds. The predicted molar refractivity (Wildman–Crippen MR) is 104 cm³/mol. The molecule has 4 nitrogen and oxygen atoms in total. The second-order valence-electron chi connectivity index (χ2n) is 6.23. The van der Waals surface area contributed by atoms with Gasteiger partial charge in [0.15, 0.2) is 0 Å². The van der Waals surface area contributed by atoms with Gasteiger partial charge in [-0.25, -0.2) is 0 Å². The average molecular weight is 364 g/mol. The molecule has 1 aliphatic heterocycles. The first-order valence-electron chi connectivity index (χ1n) is 8.48. The van der Waals surface area contributed by atoms with Crippen molar-refractivity contribution in [3.8, 4) is 5.75 Å². The fourth-order valence-electron chi connectivity index (χ4n) is 3.24. The lowest BCUT2D eigenvalue weighted by Gasteiger charge is -2.31. The number of nitrogens with zero attached hydrogens (tertiary/aromatic N) is 2. The molecule has 0 saturated heterocycles.